The number of hydrogen-bond donors (Lipinski definition) is 1. The highest BCUT2D eigenvalue weighted by Gasteiger charge is 2.18. The lowest BCUT2D eigenvalue weighted by Crippen LogP contribution is -2.24. The third kappa shape index (κ3) is 3.26. The standard InChI is InChI=1S/C18H22FN/c1-4-11-20-18(15-9-5-7-13(2)12-15)16-10-6-8-14(3)17(16)19/h5-10,12,18,20H,4,11H2,1-3H3. The molecule has 1 N–H and O–H groups in total. The van der Waals surface area contributed by atoms with Crippen LogP contribution in [0.5, 0.6) is 0 Å². The van der Waals surface area contributed by atoms with E-state index in [1.165, 1.54) is 5.56 Å². The lowest BCUT2D eigenvalue weighted by molar-refractivity contribution is 0.542. The summed E-state index contributed by atoms with van der Waals surface area (Å²) in [5, 5.41) is 3.46. The summed E-state index contributed by atoms with van der Waals surface area (Å²) in [7, 11) is 0. The van der Waals surface area contributed by atoms with Crippen LogP contribution in [0.1, 0.15) is 41.6 Å². The monoisotopic (exact) mass is 271 g/mol. The molecule has 0 saturated heterocycles. The molecule has 0 spiro atoms. The van der Waals surface area contributed by atoms with Crippen LogP contribution in [0.25, 0.3) is 0 Å². The largest absolute Gasteiger partial charge is 0.306 e. The van der Waals surface area contributed by atoms with E-state index in [-0.39, 0.29) is 11.9 Å². The second-order valence-corrected chi connectivity index (χ2v) is 5.28. The molecule has 0 radical (unpaired) electrons. The third-order valence-electron chi connectivity index (χ3n) is 3.51. The van der Waals surface area contributed by atoms with Gasteiger partial charge in [0, 0.05) is 5.56 Å². The van der Waals surface area contributed by atoms with Gasteiger partial charge < -0.3 is 5.32 Å². The number of hydrogen-bond acceptors (Lipinski definition) is 1. The van der Waals surface area contributed by atoms with Crippen molar-refractivity contribution >= 4 is 0 Å². The molecule has 0 bridgehead atoms. The quantitative estimate of drug-likeness (QED) is 0.842. The van der Waals surface area contributed by atoms with Gasteiger partial charge in [-0.05, 0) is 37.9 Å². The van der Waals surface area contributed by atoms with Crippen LogP contribution in [-0.4, -0.2) is 6.54 Å². The molecule has 106 valence electrons. The maximum Gasteiger partial charge on any atom is 0.131 e. The Morgan fingerprint density at radius 1 is 1.10 bits per heavy atom. The van der Waals surface area contributed by atoms with Crippen LogP contribution in [0.4, 0.5) is 4.39 Å². The minimum absolute atomic E-state index is 0.0882. The van der Waals surface area contributed by atoms with E-state index < -0.39 is 0 Å². The summed E-state index contributed by atoms with van der Waals surface area (Å²) in [6, 6.07) is 13.8. The van der Waals surface area contributed by atoms with E-state index >= 15 is 0 Å². The van der Waals surface area contributed by atoms with Crippen molar-refractivity contribution in [3.63, 3.8) is 0 Å². The van der Waals surface area contributed by atoms with Gasteiger partial charge in [0.05, 0.1) is 6.04 Å². The first-order valence-electron chi connectivity index (χ1n) is 7.18. The molecule has 0 aliphatic rings. The molecule has 2 aromatic carbocycles. The molecule has 2 aromatic rings. The van der Waals surface area contributed by atoms with E-state index in [1.54, 1.807) is 0 Å². The fourth-order valence-corrected chi connectivity index (χ4v) is 2.44. The van der Waals surface area contributed by atoms with Gasteiger partial charge in [0.15, 0.2) is 0 Å². The van der Waals surface area contributed by atoms with Crippen molar-refractivity contribution in [2.45, 2.75) is 33.2 Å². The highest BCUT2D eigenvalue weighted by Crippen LogP contribution is 2.26. The van der Waals surface area contributed by atoms with Crippen LogP contribution in [0.15, 0.2) is 42.5 Å². The average Bonchev–Trinajstić information content (AvgIpc) is 2.44. The van der Waals surface area contributed by atoms with Crippen LogP contribution in [-0.2, 0) is 0 Å². The van der Waals surface area contributed by atoms with Crippen LogP contribution in [0, 0.1) is 19.7 Å². The number of benzene rings is 2. The summed E-state index contributed by atoms with van der Waals surface area (Å²) < 4.78 is 14.4. The van der Waals surface area contributed by atoms with Gasteiger partial charge in [-0.3, -0.25) is 0 Å². The average molecular weight is 271 g/mol. The van der Waals surface area contributed by atoms with Crippen LogP contribution >= 0.6 is 0 Å². The molecule has 0 aromatic heterocycles. The van der Waals surface area contributed by atoms with Gasteiger partial charge in [-0.15, -0.1) is 0 Å². The van der Waals surface area contributed by atoms with Crippen molar-refractivity contribution in [3.8, 4) is 0 Å². The summed E-state index contributed by atoms with van der Waals surface area (Å²) in [6.07, 6.45) is 1.02. The highest BCUT2D eigenvalue weighted by molar-refractivity contribution is 5.36. The molecule has 1 atom stereocenters. The zero-order chi connectivity index (χ0) is 14.5. The maximum absolute atomic E-state index is 14.4. The molecule has 1 unspecified atom stereocenters. The predicted molar refractivity (Wildman–Crippen MR) is 82.5 cm³/mol. The fourth-order valence-electron chi connectivity index (χ4n) is 2.44. The van der Waals surface area contributed by atoms with E-state index in [9.17, 15) is 4.39 Å². The minimum atomic E-state index is -0.109. The van der Waals surface area contributed by atoms with E-state index in [0.717, 1.165) is 24.1 Å². The van der Waals surface area contributed by atoms with Crippen molar-refractivity contribution in [1.29, 1.82) is 0 Å². The zero-order valence-electron chi connectivity index (χ0n) is 12.4. The molecule has 0 heterocycles. The van der Waals surface area contributed by atoms with Gasteiger partial charge in [0.25, 0.3) is 0 Å². The van der Waals surface area contributed by atoms with Crippen molar-refractivity contribution in [2.24, 2.45) is 0 Å². The lowest BCUT2D eigenvalue weighted by atomic mass is 9.95. The highest BCUT2D eigenvalue weighted by atomic mass is 19.1. The zero-order valence-corrected chi connectivity index (χ0v) is 12.4. The first-order chi connectivity index (χ1) is 9.63. The number of aryl methyl sites for hydroxylation is 2. The van der Waals surface area contributed by atoms with Gasteiger partial charge in [0.2, 0.25) is 0 Å². The summed E-state index contributed by atoms with van der Waals surface area (Å²) in [5.74, 6) is -0.109. The Balaban J connectivity index is 2.44. The van der Waals surface area contributed by atoms with Crippen molar-refractivity contribution in [3.05, 3.63) is 70.5 Å². The Morgan fingerprint density at radius 3 is 2.55 bits per heavy atom. The third-order valence-corrected chi connectivity index (χ3v) is 3.51. The smallest absolute Gasteiger partial charge is 0.131 e. The molecule has 0 aliphatic carbocycles. The number of nitrogens with one attached hydrogen (secondary N) is 1. The second-order valence-electron chi connectivity index (χ2n) is 5.28. The van der Waals surface area contributed by atoms with Crippen LogP contribution < -0.4 is 5.32 Å². The van der Waals surface area contributed by atoms with E-state index in [2.05, 4.69) is 37.4 Å². The van der Waals surface area contributed by atoms with E-state index in [4.69, 9.17) is 0 Å². The first-order valence-corrected chi connectivity index (χ1v) is 7.18. The summed E-state index contributed by atoms with van der Waals surface area (Å²) in [4.78, 5) is 0. The Bertz CT molecular complexity index is 577. The van der Waals surface area contributed by atoms with Gasteiger partial charge in [-0.2, -0.15) is 0 Å². The molecule has 2 heteroatoms. The van der Waals surface area contributed by atoms with Crippen LogP contribution in [0.3, 0.4) is 0 Å². The van der Waals surface area contributed by atoms with Gasteiger partial charge in [0.1, 0.15) is 5.82 Å². The lowest BCUT2D eigenvalue weighted by Gasteiger charge is -2.21. The molecule has 0 amide bonds. The normalized spacial score (nSPS) is 12.4. The van der Waals surface area contributed by atoms with Gasteiger partial charge in [-0.1, -0.05) is 55.0 Å². The predicted octanol–water partition coefficient (Wildman–Crippen LogP) is 4.53. The number of halogens is 1. The number of rotatable bonds is 5. The summed E-state index contributed by atoms with van der Waals surface area (Å²) in [6.45, 7) is 6.86. The minimum Gasteiger partial charge on any atom is -0.306 e. The van der Waals surface area contributed by atoms with Crippen molar-refractivity contribution in [2.75, 3.05) is 6.54 Å². The Morgan fingerprint density at radius 2 is 1.85 bits per heavy atom. The molecular formula is C18H22FN. The molecule has 20 heavy (non-hydrogen) atoms. The van der Waals surface area contributed by atoms with Crippen molar-refractivity contribution < 1.29 is 4.39 Å². The SMILES string of the molecule is CCCNC(c1cccc(C)c1)c1cccc(C)c1F. The maximum atomic E-state index is 14.4. The fraction of sp³-hybridized carbons (Fsp3) is 0.333. The van der Waals surface area contributed by atoms with E-state index in [0.29, 0.717) is 5.56 Å². The summed E-state index contributed by atoms with van der Waals surface area (Å²) >= 11 is 0. The Labute approximate surface area is 120 Å². The van der Waals surface area contributed by atoms with Gasteiger partial charge >= 0.3 is 0 Å². The Hall–Kier alpha value is -1.67. The first kappa shape index (κ1) is 14.7. The molecular weight excluding hydrogens is 249 g/mol. The molecule has 0 aliphatic heterocycles. The van der Waals surface area contributed by atoms with Gasteiger partial charge in [-0.25, -0.2) is 4.39 Å². The molecule has 0 saturated carbocycles. The van der Waals surface area contributed by atoms with E-state index in [1.807, 2.05) is 31.2 Å². The van der Waals surface area contributed by atoms with Crippen LogP contribution in [0.2, 0.25) is 0 Å². The summed E-state index contributed by atoms with van der Waals surface area (Å²) in [5.41, 5.74) is 3.73. The second kappa shape index (κ2) is 6.67. The Kier molecular flexibility index (Phi) is 4.91. The molecule has 1 nitrogen and oxygen atoms in total. The molecule has 0 fully saturated rings. The molecule has 2 rings (SSSR count). The topological polar surface area (TPSA) is 12.0 Å². The van der Waals surface area contributed by atoms with Crippen molar-refractivity contribution in [1.82, 2.24) is 5.32 Å².